The average molecular weight is 554 g/mol. The second-order valence-electron chi connectivity index (χ2n) is 6.87. The number of hydrogen-bond acceptors (Lipinski definition) is 4. The summed E-state index contributed by atoms with van der Waals surface area (Å²) in [6.07, 6.45) is 3.95. The van der Waals surface area contributed by atoms with Crippen molar-refractivity contribution >= 4 is 51.3 Å². The molecule has 0 fully saturated rings. The van der Waals surface area contributed by atoms with Crippen molar-refractivity contribution in [2.24, 2.45) is 0 Å². The van der Waals surface area contributed by atoms with E-state index in [1.54, 1.807) is 54.6 Å². The molecule has 0 heterocycles. The molecule has 0 aromatic heterocycles. The maximum atomic E-state index is 12.3. The van der Waals surface area contributed by atoms with Gasteiger partial charge in [-0.1, -0.05) is 57.9 Å². The third-order valence-corrected chi connectivity index (χ3v) is 5.75. The van der Waals surface area contributed by atoms with Crippen LogP contribution in [0.25, 0.3) is 6.08 Å². The Morgan fingerprint density at radius 3 is 1.94 bits per heavy atom. The molecule has 4 nitrogen and oxygen atoms in total. The Balaban J connectivity index is 0.00000182. The lowest BCUT2D eigenvalue weighted by Gasteiger charge is -2.09. The average Bonchev–Trinajstić information content (AvgIpc) is 2.80. The minimum atomic E-state index is -2.97. The van der Waals surface area contributed by atoms with Gasteiger partial charge in [0.1, 0.15) is 11.5 Å². The van der Waals surface area contributed by atoms with Gasteiger partial charge in [-0.15, -0.1) is 0 Å². The maximum Gasteiger partial charge on any atom is 0.493 e. The van der Waals surface area contributed by atoms with Crippen LogP contribution in [0.3, 0.4) is 0 Å². The predicted octanol–water partition coefficient (Wildman–Crippen LogP) is 7.97. The Morgan fingerprint density at radius 2 is 1.38 bits per heavy atom. The molecule has 0 radical (unpaired) electrons. The van der Waals surface area contributed by atoms with Gasteiger partial charge in [-0.3, -0.25) is 9.18 Å². The van der Waals surface area contributed by atoms with Gasteiger partial charge in [-0.05, 0) is 74.2 Å². The van der Waals surface area contributed by atoms with Gasteiger partial charge in [0, 0.05) is 12.2 Å². The number of ketones is 1. The van der Waals surface area contributed by atoms with E-state index in [2.05, 4.69) is 0 Å². The standard InChI is InChI=1S/C22H24Cl3FO4Si.C2H5F/c23-31(24,25)30-16-4-2-1-3-15-28-20-12-8-19(9-13-20)22(27)14-7-18-5-10-21(11-6-18)29-17-26;1-2-3/h5-14H,1-4,15-17H2;2H2,1H3. The molecule has 0 N–H and O–H groups in total. The van der Waals surface area contributed by atoms with E-state index in [0.717, 1.165) is 37.0 Å². The van der Waals surface area contributed by atoms with Crippen molar-refractivity contribution < 1.29 is 27.5 Å². The van der Waals surface area contributed by atoms with Crippen molar-refractivity contribution in [2.75, 3.05) is 26.7 Å². The molecule has 2 rings (SSSR count). The number of benzene rings is 2. The number of alkyl halides is 2. The van der Waals surface area contributed by atoms with Gasteiger partial charge in [0.2, 0.25) is 6.86 Å². The fourth-order valence-electron chi connectivity index (χ4n) is 2.66. The number of carbonyl (C=O) groups is 1. The highest BCUT2D eigenvalue weighted by atomic mass is 35.8. The molecule has 2 aromatic rings. The second kappa shape index (κ2) is 17.7. The van der Waals surface area contributed by atoms with Crippen molar-refractivity contribution in [3.63, 3.8) is 0 Å². The number of allylic oxidation sites excluding steroid dienone is 1. The lowest BCUT2D eigenvalue weighted by Crippen LogP contribution is -2.16. The molecule has 10 heteroatoms. The maximum absolute atomic E-state index is 12.3. The molecule has 0 saturated heterocycles. The van der Waals surface area contributed by atoms with Crippen molar-refractivity contribution in [3.8, 4) is 11.5 Å². The lowest BCUT2D eigenvalue weighted by molar-refractivity contribution is 0.104. The van der Waals surface area contributed by atoms with E-state index in [1.165, 1.54) is 13.0 Å². The van der Waals surface area contributed by atoms with Gasteiger partial charge in [0.25, 0.3) is 0 Å². The first-order valence-electron chi connectivity index (χ1n) is 10.8. The fourth-order valence-corrected chi connectivity index (χ4v) is 3.73. The highest BCUT2D eigenvalue weighted by Crippen LogP contribution is 2.21. The molecule has 188 valence electrons. The number of halogens is 5. The largest absolute Gasteiger partial charge is 0.494 e. The SMILES string of the molecule is CCF.O=C(C=Cc1ccc(OCF)cc1)c1ccc(OCCCCCCO[Si](Cl)(Cl)Cl)cc1. The zero-order chi connectivity index (χ0) is 25.2. The number of rotatable bonds is 14. The molecule has 34 heavy (non-hydrogen) atoms. The first kappa shape index (κ1) is 30.4. The molecule has 0 spiro atoms. The van der Waals surface area contributed by atoms with Crippen LogP contribution in [0, 0.1) is 0 Å². The summed E-state index contributed by atoms with van der Waals surface area (Å²) in [6.45, 7) is 1.39. The van der Waals surface area contributed by atoms with Crippen molar-refractivity contribution in [1.82, 2.24) is 0 Å². The Bertz CT molecular complexity index is 845. The van der Waals surface area contributed by atoms with E-state index in [-0.39, 0.29) is 12.5 Å². The minimum absolute atomic E-state index is 0.115. The van der Waals surface area contributed by atoms with Crippen LogP contribution in [0.1, 0.15) is 48.5 Å². The highest BCUT2D eigenvalue weighted by Gasteiger charge is 2.26. The van der Waals surface area contributed by atoms with E-state index in [1.807, 2.05) is 0 Å². The van der Waals surface area contributed by atoms with Crippen molar-refractivity contribution in [2.45, 2.75) is 32.6 Å². The Labute approximate surface area is 215 Å². The van der Waals surface area contributed by atoms with Crippen LogP contribution in [-0.2, 0) is 4.43 Å². The summed E-state index contributed by atoms with van der Waals surface area (Å²) in [7, 11) is 0. The highest BCUT2D eigenvalue weighted by molar-refractivity contribution is 7.62. The molecule has 0 unspecified atom stereocenters. The van der Waals surface area contributed by atoms with Crippen molar-refractivity contribution in [3.05, 3.63) is 65.7 Å². The Hall–Kier alpha value is -1.64. The molecular formula is C24H29Cl3F2O4Si. The number of hydrogen-bond donors (Lipinski definition) is 0. The topological polar surface area (TPSA) is 44.8 Å². The molecular weight excluding hydrogens is 525 g/mol. The van der Waals surface area contributed by atoms with E-state index >= 15 is 0 Å². The zero-order valence-electron chi connectivity index (χ0n) is 19.0. The van der Waals surface area contributed by atoms with Gasteiger partial charge < -0.3 is 13.9 Å². The van der Waals surface area contributed by atoms with Crippen LogP contribution < -0.4 is 9.47 Å². The minimum Gasteiger partial charge on any atom is -0.494 e. The quantitative estimate of drug-likeness (QED) is 0.0782. The molecule has 0 atom stereocenters. The van der Waals surface area contributed by atoms with E-state index in [0.29, 0.717) is 24.5 Å². The first-order valence-corrected chi connectivity index (χ1v) is 15.7. The number of ether oxygens (including phenoxy) is 2. The molecule has 0 saturated carbocycles. The monoisotopic (exact) mass is 552 g/mol. The summed E-state index contributed by atoms with van der Waals surface area (Å²) in [5, 5.41) is 0. The normalized spacial score (nSPS) is 11.1. The number of unbranched alkanes of at least 4 members (excludes halogenated alkanes) is 3. The van der Waals surface area contributed by atoms with Crippen LogP contribution >= 0.6 is 33.2 Å². The van der Waals surface area contributed by atoms with Crippen LogP contribution in [0.2, 0.25) is 0 Å². The predicted molar refractivity (Wildman–Crippen MR) is 138 cm³/mol. The van der Waals surface area contributed by atoms with Crippen LogP contribution in [-0.4, -0.2) is 38.8 Å². The van der Waals surface area contributed by atoms with Gasteiger partial charge in [-0.2, -0.15) is 0 Å². The van der Waals surface area contributed by atoms with Crippen LogP contribution in [0.5, 0.6) is 11.5 Å². The molecule has 0 aliphatic carbocycles. The summed E-state index contributed by atoms with van der Waals surface area (Å²) in [5.74, 6) is 1.04. The smallest absolute Gasteiger partial charge is 0.493 e. The van der Waals surface area contributed by atoms with Gasteiger partial charge >= 0.3 is 6.25 Å². The fraction of sp³-hybridized carbons (Fsp3) is 0.375. The van der Waals surface area contributed by atoms with E-state index < -0.39 is 13.1 Å². The Kier molecular flexibility index (Phi) is 15.9. The summed E-state index contributed by atoms with van der Waals surface area (Å²) < 4.78 is 38.0. The molecule has 2 aromatic carbocycles. The summed E-state index contributed by atoms with van der Waals surface area (Å²) in [4.78, 5) is 12.3. The van der Waals surface area contributed by atoms with Crippen LogP contribution in [0.4, 0.5) is 8.78 Å². The molecule has 0 bridgehead atoms. The summed E-state index contributed by atoms with van der Waals surface area (Å²) in [5.41, 5.74) is 1.39. The van der Waals surface area contributed by atoms with Gasteiger partial charge in [0.05, 0.1) is 13.3 Å². The second-order valence-corrected chi connectivity index (χ2v) is 14.6. The van der Waals surface area contributed by atoms with E-state index in [9.17, 15) is 13.6 Å². The third kappa shape index (κ3) is 14.6. The molecule has 0 amide bonds. The molecule has 0 aliphatic heterocycles. The van der Waals surface area contributed by atoms with E-state index in [4.69, 9.17) is 47.1 Å². The first-order chi connectivity index (χ1) is 16.3. The third-order valence-electron chi connectivity index (χ3n) is 4.24. The van der Waals surface area contributed by atoms with Gasteiger partial charge in [-0.25, -0.2) is 4.39 Å². The van der Waals surface area contributed by atoms with Gasteiger partial charge in [0.15, 0.2) is 5.78 Å². The lowest BCUT2D eigenvalue weighted by atomic mass is 10.1. The summed E-state index contributed by atoms with van der Waals surface area (Å²) >= 11 is 16.9. The zero-order valence-corrected chi connectivity index (χ0v) is 22.2. The number of carbonyl (C=O) groups excluding carboxylic acids is 1. The summed E-state index contributed by atoms with van der Waals surface area (Å²) in [6, 6.07) is 13.8. The van der Waals surface area contributed by atoms with Crippen LogP contribution in [0.15, 0.2) is 54.6 Å². The van der Waals surface area contributed by atoms with Crippen molar-refractivity contribution in [1.29, 1.82) is 0 Å². The molecule has 0 aliphatic rings. The Morgan fingerprint density at radius 1 is 0.853 bits per heavy atom.